The maximum absolute atomic E-state index is 6.74. The summed E-state index contributed by atoms with van der Waals surface area (Å²) in [6.07, 6.45) is 0. The summed E-state index contributed by atoms with van der Waals surface area (Å²) in [4.78, 5) is 5.36. The van der Waals surface area contributed by atoms with Gasteiger partial charge in [-0.1, -0.05) is 115 Å². The van der Waals surface area contributed by atoms with E-state index in [1.54, 1.807) is 0 Å². The quantitative estimate of drug-likeness (QED) is 0.187. The topological polar surface area (TPSA) is 52.3 Å². The van der Waals surface area contributed by atoms with Gasteiger partial charge in [0.15, 0.2) is 0 Å². The van der Waals surface area contributed by atoms with Crippen LogP contribution in [-0.4, -0.2) is 4.98 Å². The van der Waals surface area contributed by atoms with Gasteiger partial charge in [-0.05, 0) is 63.5 Å². The third-order valence-corrected chi connectivity index (χ3v) is 10.6. The lowest BCUT2D eigenvalue weighted by Gasteiger charge is -2.10. The number of aromatic nitrogens is 1. The van der Waals surface area contributed by atoms with Crippen LogP contribution in [0.25, 0.3) is 121 Å². The molecule has 8 aromatic carbocycles. The van der Waals surface area contributed by atoms with Gasteiger partial charge in [0.2, 0.25) is 0 Å². The number of pyridine rings is 1. The van der Waals surface area contributed by atoms with E-state index in [1.807, 2.05) is 30.3 Å². The van der Waals surface area contributed by atoms with Gasteiger partial charge in [-0.25, -0.2) is 4.98 Å². The van der Waals surface area contributed by atoms with E-state index in [2.05, 4.69) is 121 Å². The van der Waals surface area contributed by atoms with E-state index in [0.717, 1.165) is 99.1 Å². The molecule has 0 unspecified atom stereocenters. The number of rotatable bonds is 2. The minimum atomic E-state index is 0.813. The largest absolute Gasteiger partial charge is 0.456 e. The first-order chi connectivity index (χ1) is 25.3. The minimum Gasteiger partial charge on any atom is -0.456 e. The molecule has 51 heavy (non-hydrogen) atoms. The Hall–Kier alpha value is -6.91. The first kappa shape index (κ1) is 27.0. The van der Waals surface area contributed by atoms with Crippen molar-refractivity contribution in [1.29, 1.82) is 0 Å². The van der Waals surface area contributed by atoms with Crippen LogP contribution < -0.4 is 0 Å². The molecule has 0 N–H and O–H groups in total. The van der Waals surface area contributed by atoms with Crippen LogP contribution in [0.15, 0.2) is 165 Å². The Balaban J connectivity index is 1.10. The molecule has 4 heterocycles. The van der Waals surface area contributed by atoms with Crippen LogP contribution in [0.5, 0.6) is 0 Å². The maximum Gasteiger partial charge on any atom is 0.147 e. The first-order valence-corrected chi connectivity index (χ1v) is 17.2. The number of hydrogen-bond donors (Lipinski definition) is 0. The SMILES string of the molecule is c1ccc2c(c1)ccc1oc3c(-c4ccc(-c5nc6cc7c(cc6c6oc8ccccc8c56)oc5ccccc57)cc4)cc4ccccc4c3c12. The smallest absolute Gasteiger partial charge is 0.147 e. The number of hydrogen-bond acceptors (Lipinski definition) is 4. The number of fused-ring (bicyclic) bond motifs is 15. The highest BCUT2D eigenvalue weighted by Gasteiger charge is 2.21. The molecule has 0 saturated heterocycles. The van der Waals surface area contributed by atoms with Crippen molar-refractivity contribution in [3.05, 3.63) is 152 Å². The van der Waals surface area contributed by atoms with E-state index in [4.69, 9.17) is 18.2 Å². The Morgan fingerprint density at radius 3 is 1.82 bits per heavy atom. The van der Waals surface area contributed by atoms with Gasteiger partial charge in [0, 0.05) is 43.4 Å². The Morgan fingerprint density at radius 2 is 1.00 bits per heavy atom. The highest BCUT2D eigenvalue weighted by Crippen LogP contribution is 2.45. The summed E-state index contributed by atoms with van der Waals surface area (Å²) in [6.45, 7) is 0. The molecule has 12 aromatic rings. The zero-order chi connectivity index (χ0) is 33.2. The second-order valence-electron chi connectivity index (χ2n) is 13.4. The molecule has 0 fully saturated rings. The van der Waals surface area contributed by atoms with E-state index >= 15 is 0 Å². The summed E-state index contributed by atoms with van der Waals surface area (Å²) < 4.78 is 19.6. The van der Waals surface area contributed by atoms with Gasteiger partial charge < -0.3 is 13.3 Å². The second kappa shape index (κ2) is 9.84. The summed E-state index contributed by atoms with van der Waals surface area (Å²) in [5, 5.41) is 12.2. The minimum absolute atomic E-state index is 0.813. The third kappa shape index (κ3) is 3.71. The van der Waals surface area contributed by atoms with Crippen molar-refractivity contribution in [2.45, 2.75) is 0 Å². The van der Waals surface area contributed by atoms with Crippen LogP contribution in [0, 0.1) is 0 Å². The molecule has 12 rings (SSSR count). The average molecular weight is 652 g/mol. The predicted octanol–water partition coefficient (Wildman–Crippen LogP) is 13.6. The van der Waals surface area contributed by atoms with Gasteiger partial charge in [0.1, 0.15) is 33.5 Å². The molecule has 0 spiro atoms. The zero-order valence-electron chi connectivity index (χ0n) is 27.1. The highest BCUT2D eigenvalue weighted by molar-refractivity contribution is 6.29. The second-order valence-corrected chi connectivity index (χ2v) is 13.4. The summed E-state index contributed by atoms with van der Waals surface area (Å²) in [5.41, 5.74) is 10.0. The van der Waals surface area contributed by atoms with Crippen molar-refractivity contribution in [3.63, 3.8) is 0 Å². The fourth-order valence-corrected chi connectivity index (χ4v) is 8.30. The van der Waals surface area contributed by atoms with E-state index < -0.39 is 0 Å². The average Bonchev–Trinajstić information content (AvgIpc) is 3.89. The molecule has 0 atom stereocenters. The van der Waals surface area contributed by atoms with Crippen LogP contribution in [0.2, 0.25) is 0 Å². The Bertz CT molecular complexity index is 3420. The molecule has 0 aliphatic heterocycles. The van der Waals surface area contributed by atoms with Crippen LogP contribution in [0.3, 0.4) is 0 Å². The maximum atomic E-state index is 6.74. The molecule has 236 valence electrons. The van der Waals surface area contributed by atoms with Crippen LogP contribution >= 0.6 is 0 Å². The summed E-state index contributed by atoms with van der Waals surface area (Å²) in [5.74, 6) is 0. The van der Waals surface area contributed by atoms with Gasteiger partial charge in [0.25, 0.3) is 0 Å². The van der Waals surface area contributed by atoms with E-state index in [1.165, 1.54) is 21.5 Å². The van der Waals surface area contributed by atoms with Crippen LogP contribution in [0.4, 0.5) is 0 Å². The normalized spacial score (nSPS) is 12.3. The van der Waals surface area contributed by atoms with E-state index in [0.29, 0.717) is 0 Å². The summed E-state index contributed by atoms with van der Waals surface area (Å²) >= 11 is 0. The number of para-hydroxylation sites is 2. The monoisotopic (exact) mass is 651 g/mol. The Morgan fingerprint density at radius 1 is 0.353 bits per heavy atom. The van der Waals surface area contributed by atoms with Crippen molar-refractivity contribution < 1.29 is 13.3 Å². The van der Waals surface area contributed by atoms with E-state index in [9.17, 15) is 0 Å². The highest BCUT2D eigenvalue weighted by atomic mass is 16.3. The lowest BCUT2D eigenvalue weighted by atomic mass is 9.94. The molecule has 0 aliphatic rings. The van der Waals surface area contributed by atoms with Crippen molar-refractivity contribution in [1.82, 2.24) is 4.98 Å². The molecule has 0 aliphatic carbocycles. The van der Waals surface area contributed by atoms with E-state index in [-0.39, 0.29) is 0 Å². The molecule has 0 saturated carbocycles. The van der Waals surface area contributed by atoms with Crippen molar-refractivity contribution in [2.75, 3.05) is 0 Å². The summed E-state index contributed by atoms with van der Waals surface area (Å²) in [7, 11) is 0. The number of furan rings is 3. The first-order valence-electron chi connectivity index (χ1n) is 17.2. The fraction of sp³-hybridized carbons (Fsp3) is 0. The molecule has 0 radical (unpaired) electrons. The van der Waals surface area contributed by atoms with Crippen LogP contribution in [0.1, 0.15) is 0 Å². The molecular weight excluding hydrogens is 627 g/mol. The van der Waals surface area contributed by atoms with Crippen molar-refractivity contribution in [3.8, 4) is 22.4 Å². The third-order valence-electron chi connectivity index (χ3n) is 10.6. The van der Waals surface area contributed by atoms with Gasteiger partial charge in [0.05, 0.1) is 16.6 Å². The lowest BCUT2D eigenvalue weighted by Crippen LogP contribution is -1.89. The van der Waals surface area contributed by atoms with Gasteiger partial charge in [-0.3, -0.25) is 0 Å². The molecule has 0 bridgehead atoms. The van der Waals surface area contributed by atoms with Crippen molar-refractivity contribution >= 4 is 98.3 Å². The standard InChI is InChI=1S/C47H25NO3/c1-3-11-30-26(9-1)21-22-40-42(30)43-31-12-4-2-10-29(31)23-34(46(43)51-40)27-17-19-28(20-18-27)45-44-33-14-6-8-16-39(33)50-47(44)36-25-41-35(24-37(36)48-45)32-13-5-7-15-38(32)49-41/h1-25H. The fourth-order valence-electron chi connectivity index (χ4n) is 8.30. The zero-order valence-corrected chi connectivity index (χ0v) is 27.1. The molecule has 0 amide bonds. The van der Waals surface area contributed by atoms with Crippen molar-refractivity contribution in [2.24, 2.45) is 0 Å². The van der Waals surface area contributed by atoms with Gasteiger partial charge >= 0.3 is 0 Å². The lowest BCUT2D eigenvalue weighted by molar-refractivity contribution is 0.666. The molecular formula is C47H25NO3. The predicted molar refractivity (Wildman–Crippen MR) is 209 cm³/mol. The van der Waals surface area contributed by atoms with Gasteiger partial charge in [-0.2, -0.15) is 0 Å². The van der Waals surface area contributed by atoms with Gasteiger partial charge in [-0.15, -0.1) is 0 Å². The van der Waals surface area contributed by atoms with Crippen LogP contribution in [-0.2, 0) is 0 Å². The molecule has 4 nitrogen and oxygen atoms in total. The Kier molecular flexibility index (Phi) is 5.20. The number of nitrogens with zero attached hydrogens (tertiary/aromatic N) is 1. The Labute approximate surface area is 289 Å². The number of benzene rings is 8. The summed E-state index contributed by atoms with van der Waals surface area (Å²) in [6, 6.07) is 53.0. The molecule has 4 aromatic heterocycles. The molecule has 4 heteroatoms.